The Morgan fingerprint density at radius 2 is 2.24 bits per heavy atom. The number of imidazole rings is 2. The summed E-state index contributed by atoms with van der Waals surface area (Å²) in [6.45, 7) is 5.14. The number of aryl methyl sites for hydroxylation is 1. The minimum atomic E-state index is 0.0523. The van der Waals surface area contributed by atoms with Gasteiger partial charge in [0.25, 0.3) is 0 Å². The van der Waals surface area contributed by atoms with Gasteiger partial charge in [-0.05, 0) is 31.5 Å². The topological polar surface area (TPSA) is 96.4 Å². The van der Waals surface area contributed by atoms with E-state index in [-0.39, 0.29) is 5.84 Å². The fraction of sp³-hybridized carbons (Fsp3) is 0.267. The third-order valence-electron chi connectivity index (χ3n) is 3.58. The van der Waals surface area contributed by atoms with Crippen molar-refractivity contribution in [3.05, 3.63) is 35.8 Å². The Balaban J connectivity index is 2.07. The van der Waals surface area contributed by atoms with Crippen LogP contribution in [0.25, 0.3) is 22.6 Å². The van der Waals surface area contributed by atoms with E-state index < -0.39 is 0 Å². The normalized spacial score (nSPS) is 11.1. The van der Waals surface area contributed by atoms with Crippen LogP contribution in [0, 0.1) is 12.3 Å². The van der Waals surface area contributed by atoms with Crippen LogP contribution >= 0.6 is 0 Å². The van der Waals surface area contributed by atoms with E-state index in [0.717, 1.165) is 41.2 Å². The monoisotopic (exact) mass is 282 g/mol. The smallest absolute Gasteiger partial charge is 0.159 e. The first-order valence-corrected chi connectivity index (χ1v) is 6.96. The lowest BCUT2D eigenvalue weighted by atomic mass is 10.2. The molecule has 3 rings (SSSR count). The highest BCUT2D eigenvalue weighted by Gasteiger charge is 2.13. The summed E-state index contributed by atoms with van der Waals surface area (Å²) < 4.78 is 2.13. The molecule has 0 aliphatic carbocycles. The van der Waals surface area contributed by atoms with Gasteiger partial charge in [-0.2, -0.15) is 0 Å². The third-order valence-corrected chi connectivity index (χ3v) is 3.58. The third kappa shape index (κ3) is 2.29. The summed E-state index contributed by atoms with van der Waals surface area (Å²) in [6, 6.07) is 5.51. The molecule has 0 fully saturated rings. The maximum atomic E-state index is 7.49. The molecule has 0 unspecified atom stereocenters. The van der Waals surface area contributed by atoms with E-state index in [1.165, 1.54) is 0 Å². The Morgan fingerprint density at radius 1 is 1.43 bits per heavy atom. The van der Waals surface area contributed by atoms with Crippen LogP contribution in [0.15, 0.2) is 24.5 Å². The lowest BCUT2D eigenvalue weighted by Gasteiger charge is -2.02. The summed E-state index contributed by atoms with van der Waals surface area (Å²) in [4.78, 5) is 12.3. The van der Waals surface area contributed by atoms with Gasteiger partial charge in [0.05, 0.1) is 17.4 Å². The number of nitrogens with two attached hydrogens (primary N) is 1. The lowest BCUT2D eigenvalue weighted by molar-refractivity contribution is 0.662. The molecule has 0 aliphatic heterocycles. The van der Waals surface area contributed by atoms with Crippen LogP contribution in [0.4, 0.5) is 0 Å². The first kappa shape index (κ1) is 13.4. The van der Waals surface area contributed by atoms with Crippen LogP contribution in [0.3, 0.4) is 0 Å². The van der Waals surface area contributed by atoms with E-state index in [0.29, 0.717) is 5.56 Å². The Kier molecular flexibility index (Phi) is 3.21. The highest BCUT2D eigenvalue weighted by Crippen LogP contribution is 2.23. The van der Waals surface area contributed by atoms with Crippen LogP contribution in [0.2, 0.25) is 0 Å². The number of fused-ring (bicyclic) bond motifs is 1. The molecule has 0 saturated heterocycles. The molecule has 6 heteroatoms. The number of nitrogens with one attached hydrogen (secondary N) is 2. The number of aromatic nitrogens is 4. The zero-order chi connectivity index (χ0) is 15.0. The summed E-state index contributed by atoms with van der Waals surface area (Å²) in [5.41, 5.74) is 9.88. The number of nitrogens with zero attached hydrogens (tertiary/aromatic N) is 3. The van der Waals surface area contributed by atoms with E-state index in [1.54, 1.807) is 6.07 Å². The predicted molar refractivity (Wildman–Crippen MR) is 83.4 cm³/mol. The maximum Gasteiger partial charge on any atom is 0.159 e. The molecule has 0 bridgehead atoms. The molecule has 21 heavy (non-hydrogen) atoms. The molecule has 108 valence electrons. The average molecular weight is 282 g/mol. The predicted octanol–water partition coefficient (Wildman–Crippen LogP) is 2.43. The van der Waals surface area contributed by atoms with Gasteiger partial charge < -0.3 is 15.3 Å². The van der Waals surface area contributed by atoms with Crippen LogP contribution < -0.4 is 5.73 Å². The molecular formula is C15H18N6. The molecule has 0 atom stereocenters. The van der Waals surface area contributed by atoms with Crippen LogP contribution in [-0.4, -0.2) is 25.4 Å². The van der Waals surface area contributed by atoms with E-state index in [1.807, 2.05) is 25.4 Å². The van der Waals surface area contributed by atoms with Gasteiger partial charge in [0, 0.05) is 17.8 Å². The molecule has 0 spiro atoms. The fourth-order valence-electron chi connectivity index (χ4n) is 2.43. The van der Waals surface area contributed by atoms with E-state index in [4.69, 9.17) is 11.1 Å². The zero-order valence-electron chi connectivity index (χ0n) is 12.1. The van der Waals surface area contributed by atoms with E-state index >= 15 is 0 Å². The molecular weight excluding hydrogens is 264 g/mol. The second kappa shape index (κ2) is 5.05. The summed E-state index contributed by atoms with van der Waals surface area (Å²) >= 11 is 0. The standard InChI is InChI=1S/C15H18N6/c1-3-6-21-8-18-13(9(21)2)15-19-11-5-4-10(14(16)17)7-12(11)20-15/h4-5,7-8H,3,6H2,1-2H3,(H3,16,17)(H,19,20). The average Bonchev–Trinajstić information content (AvgIpc) is 3.02. The maximum absolute atomic E-state index is 7.49. The summed E-state index contributed by atoms with van der Waals surface area (Å²) in [6.07, 6.45) is 2.92. The largest absolute Gasteiger partial charge is 0.384 e. The van der Waals surface area contributed by atoms with Gasteiger partial charge in [0.15, 0.2) is 5.82 Å². The molecule has 6 nitrogen and oxygen atoms in total. The van der Waals surface area contributed by atoms with Gasteiger partial charge in [-0.1, -0.05) is 6.92 Å². The molecule has 0 aliphatic rings. The van der Waals surface area contributed by atoms with Crippen molar-refractivity contribution in [2.24, 2.45) is 5.73 Å². The van der Waals surface area contributed by atoms with Gasteiger partial charge in [-0.15, -0.1) is 0 Å². The number of amidine groups is 1. The Hall–Kier alpha value is -2.63. The fourth-order valence-corrected chi connectivity index (χ4v) is 2.43. The van der Waals surface area contributed by atoms with Gasteiger partial charge in [0.2, 0.25) is 0 Å². The van der Waals surface area contributed by atoms with E-state index in [9.17, 15) is 0 Å². The second-order valence-corrected chi connectivity index (χ2v) is 5.10. The molecule has 2 heterocycles. The van der Waals surface area contributed by atoms with Gasteiger partial charge in [-0.25, -0.2) is 9.97 Å². The molecule has 0 saturated carbocycles. The number of benzene rings is 1. The quantitative estimate of drug-likeness (QED) is 0.506. The van der Waals surface area contributed by atoms with Gasteiger partial charge in [0.1, 0.15) is 11.5 Å². The first-order chi connectivity index (χ1) is 10.1. The Labute approximate surface area is 122 Å². The minimum absolute atomic E-state index is 0.0523. The minimum Gasteiger partial charge on any atom is -0.384 e. The number of nitrogen functional groups attached to an aromatic ring is 1. The van der Waals surface area contributed by atoms with Crippen molar-refractivity contribution >= 4 is 16.9 Å². The van der Waals surface area contributed by atoms with Crippen molar-refractivity contribution in [3.63, 3.8) is 0 Å². The number of H-pyrrole nitrogens is 1. The molecule has 0 radical (unpaired) electrons. The second-order valence-electron chi connectivity index (χ2n) is 5.10. The van der Waals surface area contributed by atoms with Crippen molar-refractivity contribution in [1.29, 1.82) is 5.41 Å². The summed E-state index contributed by atoms with van der Waals surface area (Å²) in [5, 5.41) is 7.49. The number of rotatable bonds is 4. The molecule has 4 N–H and O–H groups in total. The molecule has 2 aromatic heterocycles. The van der Waals surface area contributed by atoms with Crippen molar-refractivity contribution in [1.82, 2.24) is 19.5 Å². The molecule has 0 amide bonds. The van der Waals surface area contributed by atoms with Crippen molar-refractivity contribution in [2.75, 3.05) is 0 Å². The van der Waals surface area contributed by atoms with Crippen molar-refractivity contribution in [2.45, 2.75) is 26.8 Å². The molecule has 3 aromatic rings. The van der Waals surface area contributed by atoms with Gasteiger partial charge >= 0.3 is 0 Å². The Morgan fingerprint density at radius 3 is 2.95 bits per heavy atom. The first-order valence-electron chi connectivity index (χ1n) is 6.96. The summed E-state index contributed by atoms with van der Waals surface area (Å²) in [7, 11) is 0. The van der Waals surface area contributed by atoms with Crippen LogP contribution in [0.5, 0.6) is 0 Å². The Bertz CT molecular complexity index is 811. The van der Waals surface area contributed by atoms with Crippen molar-refractivity contribution in [3.8, 4) is 11.5 Å². The van der Waals surface area contributed by atoms with Crippen LogP contribution in [0.1, 0.15) is 24.6 Å². The van der Waals surface area contributed by atoms with Crippen molar-refractivity contribution < 1.29 is 0 Å². The number of hydrogen-bond acceptors (Lipinski definition) is 3. The number of aromatic amines is 1. The van der Waals surface area contributed by atoms with E-state index in [2.05, 4.69) is 26.4 Å². The zero-order valence-corrected chi connectivity index (χ0v) is 12.1. The molecule has 1 aromatic carbocycles. The van der Waals surface area contributed by atoms with Crippen LogP contribution in [-0.2, 0) is 6.54 Å². The SMILES string of the molecule is CCCn1cnc(-c2nc3ccc(C(=N)N)cc3[nH]2)c1C. The van der Waals surface area contributed by atoms with Gasteiger partial charge in [-0.3, -0.25) is 5.41 Å². The number of hydrogen-bond donors (Lipinski definition) is 3. The highest BCUT2D eigenvalue weighted by atomic mass is 15.1. The lowest BCUT2D eigenvalue weighted by Crippen LogP contribution is -2.10. The highest BCUT2D eigenvalue weighted by molar-refractivity contribution is 5.98. The summed E-state index contributed by atoms with van der Waals surface area (Å²) in [5.74, 6) is 0.800.